The molecule has 0 bridgehead atoms. The van der Waals surface area contributed by atoms with Gasteiger partial charge in [0.15, 0.2) is 0 Å². The van der Waals surface area contributed by atoms with Crippen molar-refractivity contribution in [3.63, 3.8) is 0 Å². The molecule has 4 heteroatoms. The Morgan fingerprint density at radius 2 is 1.38 bits per heavy atom. The van der Waals surface area contributed by atoms with Crippen molar-refractivity contribution >= 4 is 35.4 Å². The quantitative estimate of drug-likeness (QED) is 0.693. The lowest BCUT2D eigenvalue weighted by atomic mass is 10.1. The first kappa shape index (κ1) is 15.7. The van der Waals surface area contributed by atoms with Crippen LogP contribution in [0.5, 0.6) is 11.5 Å². The van der Waals surface area contributed by atoms with Crippen molar-refractivity contribution in [1.29, 1.82) is 0 Å². The third-order valence-corrected chi connectivity index (χ3v) is 3.93. The van der Waals surface area contributed by atoms with E-state index in [9.17, 15) is 0 Å². The molecule has 2 aromatic carbocycles. The zero-order valence-corrected chi connectivity index (χ0v) is 13.6. The van der Waals surface area contributed by atoms with Crippen molar-refractivity contribution < 1.29 is 9.47 Å². The van der Waals surface area contributed by atoms with Crippen molar-refractivity contribution in [3.05, 3.63) is 57.1 Å². The molecule has 0 radical (unpaired) electrons. The molecule has 0 aliphatic heterocycles. The van der Waals surface area contributed by atoms with Gasteiger partial charge < -0.3 is 9.47 Å². The van der Waals surface area contributed by atoms with Crippen LogP contribution in [0, 0.1) is 6.92 Å². The van der Waals surface area contributed by atoms with Crippen LogP contribution in [0.4, 0.5) is 0 Å². The molecule has 0 aliphatic rings. The Morgan fingerprint density at radius 1 is 0.810 bits per heavy atom. The monoisotopic (exact) mass is 322 g/mol. The highest BCUT2D eigenvalue weighted by Gasteiger charge is 2.06. The van der Waals surface area contributed by atoms with Crippen molar-refractivity contribution in [1.82, 2.24) is 0 Å². The number of hydrogen-bond acceptors (Lipinski definition) is 2. The van der Waals surface area contributed by atoms with E-state index >= 15 is 0 Å². The third-order valence-electron chi connectivity index (χ3n) is 3.19. The highest BCUT2D eigenvalue weighted by atomic mass is 35.5. The normalized spacial score (nSPS) is 10.9. The van der Waals surface area contributed by atoms with Gasteiger partial charge in [0.05, 0.1) is 24.3 Å². The average Bonchev–Trinajstić information content (AvgIpc) is 2.49. The summed E-state index contributed by atoms with van der Waals surface area (Å²) in [6, 6.07) is 9.44. The molecule has 0 fully saturated rings. The van der Waals surface area contributed by atoms with E-state index in [0.717, 1.165) is 28.2 Å². The predicted octanol–water partition coefficient (Wildman–Crippen LogP) is 5.49. The van der Waals surface area contributed by atoms with E-state index in [-0.39, 0.29) is 0 Å². The number of hydrogen-bond donors (Lipinski definition) is 0. The molecule has 2 nitrogen and oxygen atoms in total. The Balaban J connectivity index is 2.34. The Kier molecular flexibility index (Phi) is 5.16. The van der Waals surface area contributed by atoms with Crippen LogP contribution in [-0.4, -0.2) is 14.2 Å². The molecule has 0 aromatic heterocycles. The highest BCUT2D eigenvalue weighted by Crippen LogP contribution is 2.30. The minimum absolute atomic E-state index is 0.540. The first-order chi connectivity index (χ1) is 10.0. The number of methoxy groups -OCH3 is 2. The Hall–Kier alpha value is -1.64. The van der Waals surface area contributed by atoms with E-state index in [2.05, 4.69) is 0 Å². The fraction of sp³-hybridized carbons (Fsp3) is 0.176. The van der Waals surface area contributed by atoms with Crippen molar-refractivity contribution in [2.75, 3.05) is 14.2 Å². The fourth-order valence-electron chi connectivity index (χ4n) is 2.01. The van der Waals surface area contributed by atoms with Gasteiger partial charge in [-0.3, -0.25) is 0 Å². The summed E-state index contributed by atoms with van der Waals surface area (Å²) in [6.45, 7) is 1.96. The third kappa shape index (κ3) is 3.72. The van der Waals surface area contributed by atoms with Gasteiger partial charge in [0, 0.05) is 5.56 Å². The molecular formula is C17H16Cl2O2. The summed E-state index contributed by atoms with van der Waals surface area (Å²) in [5.41, 5.74) is 2.94. The average molecular weight is 323 g/mol. The topological polar surface area (TPSA) is 18.5 Å². The van der Waals surface area contributed by atoms with E-state index in [1.165, 1.54) is 0 Å². The summed E-state index contributed by atoms with van der Waals surface area (Å²) in [4.78, 5) is 0. The molecule has 0 spiro atoms. The van der Waals surface area contributed by atoms with Crippen LogP contribution in [0.3, 0.4) is 0 Å². The molecule has 0 N–H and O–H groups in total. The number of benzene rings is 2. The molecule has 0 saturated carbocycles. The zero-order valence-electron chi connectivity index (χ0n) is 12.1. The smallest absolute Gasteiger partial charge is 0.126 e. The van der Waals surface area contributed by atoms with Crippen LogP contribution in [0.25, 0.3) is 12.2 Å². The van der Waals surface area contributed by atoms with Gasteiger partial charge >= 0.3 is 0 Å². The van der Waals surface area contributed by atoms with Gasteiger partial charge in [-0.2, -0.15) is 0 Å². The Bertz CT molecular complexity index is 653. The second kappa shape index (κ2) is 6.88. The second-order valence-electron chi connectivity index (χ2n) is 4.56. The summed E-state index contributed by atoms with van der Waals surface area (Å²) in [7, 11) is 3.29. The Morgan fingerprint density at radius 3 is 1.90 bits per heavy atom. The molecule has 0 saturated heterocycles. The first-order valence-corrected chi connectivity index (χ1v) is 7.16. The summed E-state index contributed by atoms with van der Waals surface area (Å²) in [5.74, 6) is 1.59. The maximum Gasteiger partial charge on any atom is 0.126 e. The lowest BCUT2D eigenvalue weighted by Crippen LogP contribution is -1.93. The van der Waals surface area contributed by atoms with E-state index in [0.29, 0.717) is 10.0 Å². The molecule has 2 aromatic rings. The first-order valence-electron chi connectivity index (χ1n) is 6.41. The van der Waals surface area contributed by atoms with E-state index in [4.69, 9.17) is 32.7 Å². The molecule has 2 rings (SSSR count). The lowest BCUT2D eigenvalue weighted by molar-refractivity contribution is 0.388. The minimum atomic E-state index is 0.540. The summed E-state index contributed by atoms with van der Waals surface area (Å²) < 4.78 is 10.7. The van der Waals surface area contributed by atoms with Gasteiger partial charge in [-0.25, -0.2) is 0 Å². The molecule has 0 aliphatic carbocycles. The molecule has 0 atom stereocenters. The molecule has 21 heavy (non-hydrogen) atoms. The maximum absolute atomic E-state index is 6.01. The summed E-state index contributed by atoms with van der Waals surface area (Å²) >= 11 is 11.9. The van der Waals surface area contributed by atoms with Crippen LogP contribution >= 0.6 is 23.2 Å². The van der Waals surface area contributed by atoms with Gasteiger partial charge in [-0.15, -0.1) is 0 Å². The van der Waals surface area contributed by atoms with Crippen LogP contribution in [0.1, 0.15) is 16.7 Å². The van der Waals surface area contributed by atoms with Gasteiger partial charge in [-0.1, -0.05) is 41.4 Å². The van der Waals surface area contributed by atoms with Crippen molar-refractivity contribution in [2.24, 2.45) is 0 Å². The zero-order chi connectivity index (χ0) is 15.4. The van der Waals surface area contributed by atoms with E-state index in [1.807, 2.05) is 43.3 Å². The van der Waals surface area contributed by atoms with Gasteiger partial charge in [0.2, 0.25) is 0 Å². The SMILES string of the molecule is COc1cc(/C=C/c2ccc(Cl)c(Cl)c2)cc(OC)c1C. The van der Waals surface area contributed by atoms with Gasteiger partial charge in [0.25, 0.3) is 0 Å². The van der Waals surface area contributed by atoms with Crippen LogP contribution in [0.15, 0.2) is 30.3 Å². The molecule has 0 amide bonds. The number of ether oxygens (including phenoxy) is 2. The van der Waals surface area contributed by atoms with Gasteiger partial charge in [-0.05, 0) is 42.3 Å². The number of rotatable bonds is 4. The van der Waals surface area contributed by atoms with Crippen molar-refractivity contribution in [2.45, 2.75) is 6.92 Å². The number of halogens is 2. The van der Waals surface area contributed by atoms with Crippen LogP contribution in [-0.2, 0) is 0 Å². The largest absolute Gasteiger partial charge is 0.496 e. The molecule has 110 valence electrons. The predicted molar refractivity (Wildman–Crippen MR) is 89.7 cm³/mol. The fourth-order valence-corrected chi connectivity index (χ4v) is 2.32. The Labute approximate surface area is 134 Å². The summed E-state index contributed by atoms with van der Waals surface area (Å²) in [6.07, 6.45) is 3.94. The van der Waals surface area contributed by atoms with E-state index in [1.54, 1.807) is 20.3 Å². The van der Waals surface area contributed by atoms with Crippen molar-refractivity contribution in [3.8, 4) is 11.5 Å². The second-order valence-corrected chi connectivity index (χ2v) is 5.37. The molecule has 0 unspecified atom stereocenters. The van der Waals surface area contributed by atoms with Crippen LogP contribution in [0.2, 0.25) is 10.0 Å². The highest BCUT2D eigenvalue weighted by molar-refractivity contribution is 6.42. The van der Waals surface area contributed by atoms with Crippen LogP contribution < -0.4 is 9.47 Å². The summed E-state index contributed by atoms with van der Waals surface area (Å²) in [5, 5.41) is 1.09. The minimum Gasteiger partial charge on any atom is -0.496 e. The maximum atomic E-state index is 6.01. The van der Waals surface area contributed by atoms with E-state index < -0.39 is 0 Å². The molecular weight excluding hydrogens is 307 g/mol. The molecule has 0 heterocycles. The lowest BCUT2D eigenvalue weighted by Gasteiger charge is -2.11. The van der Waals surface area contributed by atoms with Gasteiger partial charge in [0.1, 0.15) is 11.5 Å². The standard InChI is InChI=1S/C17H16Cl2O2/c1-11-16(20-2)9-13(10-17(11)21-3)5-4-12-6-7-14(18)15(19)8-12/h4-10H,1-3H3/b5-4+.